The van der Waals surface area contributed by atoms with Crippen molar-refractivity contribution in [3.63, 3.8) is 0 Å². The van der Waals surface area contributed by atoms with E-state index in [0.717, 1.165) is 16.8 Å². The zero-order valence-corrected chi connectivity index (χ0v) is 14.3. The Kier molecular flexibility index (Phi) is 3.56. The van der Waals surface area contributed by atoms with Crippen molar-refractivity contribution in [2.75, 3.05) is 0 Å². The minimum absolute atomic E-state index is 0.0559. The van der Waals surface area contributed by atoms with E-state index in [9.17, 15) is 9.59 Å². The fourth-order valence-electron chi connectivity index (χ4n) is 3.33. The molecule has 0 radical (unpaired) electrons. The van der Waals surface area contributed by atoms with Crippen LogP contribution in [0.2, 0.25) is 0 Å². The summed E-state index contributed by atoms with van der Waals surface area (Å²) in [5.41, 5.74) is 2.22. The Morgan fingerprint density at radius 2 is 2.08 bits per heavy atom. The largest absolute Gasteiger partial charge is 0.352 e. The Labute approximate surface area is 146 Å². The van der Waals surface area contributed by atoms with Gasteiger partial charge in [0.2, 0.25) is 5.91 Å². The van der Waals surface area contributed by atoms with Crippen LogP contribution < -0.4 is 5.32 Å². The van der Waals surface area contributed by atoms with E-state index in [0.29, 0.717) is 25.1 Å². The van der Waals surface area contributed by atoms with Gasteiger partial charge in [-0.1, -0.05) is 6.07 Å². The molecule has 2 aromatic heterocycles. The molecule has 1 aliphatic carbocycles. The van der Waals surface area contributed by atoms with Gasteiger partial charge in [-0.15, -0.1) is 0 Å². The van der Waals surface area contributed by atoms with Crippen molar-refractivity contribution in [1.82, 2.24) is 20.2 Å². The zero-order valence-electron chi connectivity index (χ0n) is 14.3. The molecule has 0 unspecified atom stereocenters. The third-order valence-electron chi connectivity index (χ3n) is 4.80. The molecule has 2 aliphatic rings. The summed E-state index contributed by atoms with van der Waals surface area (Å²) in [7, 11) is 0. The minimum atomic E-state index is -0.698. The van der Waals surface area contributed by atoms with E-state index < -0.39 is 5.54 Å². The molecular formula is C19H20N4O2. The fourth-order valence-corrected chi connectivity index (χ4v) is 3.33. The first-order chi connectivity index (χ1) is 12.0. The molecule has 0 atom stereocenters. The van der Waals surface area contributed by atoms with Crippen molar-refractivity contribution >= 4 is 11.8 Å². The molecule has 4 rings (SSSR count). The smallest absolute Gasteiger partial charge is 0.274 e. The van der Waals surface area contributed by atoms with Gasteiger partial charge >= 0.3 is 0 Å². The predicted molar refractivity (Wildman–Crippen MR) is 92.6 cm³/mol. The van der Waals surface area contributed by atoms with Gasteiger partial charge in [-0.2, -0.15) is 0 Å². The van der Waals surface area contributed by atoms with E-state index in [1.165, 1.54) is 0 Å². The van der Waals surface area contributed by atoms with E-state index in [-0.39, 0.29) is 17.9 Å². The standard InChI is InChI=1S/C19H20N4O2/c1-12(2)21-18(25)19(7-8-19)23-11-14-5-6-15(22-16(14)17(23)24)13-4-3-9-20-10-13/h3-6,9-10,12H,7-8,11H2,1-2H3,(H,21,25). The molecule has 1 fully saturated rings. The maximum Gasteiger partial charge on any atom is 0.274 e. The molecule has 1 saturated carbocycles. The van der Waals surface area contributed by atoms with Crippen molar-refractivity contribution in [3.8, 4) is 11.3 Å². The molecule has 0 spiro atoms. The lowest BCUT2D eigenvalue weighted by Gasteiger charge is -2.27. The monoisotopic (exact) mass is 336 g/mol. The second-order valence-electron chi connectivity index (χ2n) is 7.00. The topological polar surface area (TPSA) is 75.2 Å². The van der Waals surface area contributed by atoms with Crippen LogP contribution in [-0.2, 0) is 11.3 Å². The van der Waals surface area contributed by atoms with Gasteiger partial charge in [-0.05, 0) is 44.9 Å². The summed E-state index contributed by atoms with van der Waals surface area (Å²) in [4.78, 5) is 35.8. The van der Waals surface area contributed by atoms with Crippen LogP contribution in [0.25, 0.3) is 11.3 Å². The average Bonchev–Trinajstić information content (AvgIpc) is 3.35. The number of hydrogen-bond acceptors (Lipinski definition) is 4. The molecule has 1 N–H and O–H groups in total. The van der Waals surface area contributed by atoms with Gasteiger partial charge in [-0.25, -0.2) is 4.98 Å². The Balaban J connectivity index is 1.63. The Morgan fingerprint density at radius 1 is 1.28 bits per heavy atom. The fraction of sp³-hybridized carbons (Fsp3) is 0.368. The molecule has 2 amide bonds. The Morgan fingerprint density at radius 3 is 2.72 bits per heavy atom. The summed E-state index contributed by atoms with van der Waals surface area (Å²) >= 11 is 0. The molecule has 2 aromatic rings. The lowest BCUT2D eigenvalue weighted by atomic mass is 10.1. The first-order valence-corrected chi connectivity index (χ1v) is 8.54. The van der Waals surface area contributed by atoms with Gasteiger partial charge in [0.25, 0.3) is 5.91 Å². The van der Waals surface area contributed by atoms with Crippen molar-refractivity contribution in [2.45, 2.75) is 44.8 Å². The van der Waals surface area contributed by atoms with Gasteiger partial charge in [0.05, 0.1) is 5.69 Å². The molecule has 3 heterocycles. The van der Waals surface area contributed by atoms with E-state index in [1.54, 1.807) is 17.3 Å². The van der Waals surface area contributed by atoms with Crippen molar-refractivity contribution in [2.24, 2.45) is 0 Å². The predicted octanol–water partition coefficient (Wildman–Crippen LogP) is 2.16. The molecular weight excluding hydrogens is 316 g/mol. The highest BCUT2D eigenvalue weighted by molar-refractivity contribution is 6.02. The molecule has 6 heteroatoms. The van der Waals surface area contributed by atoms with Crippen LogP contribution >= 0.6 is 0 Å². The normalized spacial score (nSPS) is 17.6. The first kappa shape index (κ1) is 15.7. The second-order valence-corrected chi connectivity index (χ2v) is 7.00. The number of hydrogen-bond donors (Lipinski definition) is 1. The van der Waals surface area contributed by atoms with E-state index in [2.05, 4.69) is 15.3 Å². The van der Waals surface area contributed by atoms with E-state index >= 15 is 0 Å². The Hall–Kier alpha value is -2.76. The molecule has 6 nitrogen and oxygen atoms in total. The summed E-state index contributed by atoms with van der Waals surface area (Å²) in [6, 6.07) is 7.64. The zero-order chi connectivity index (χ0) is 17.6. The van der Waals surface area contributed by atoms with Crippen LogP contribution in [0.1, 0.15) is 42.7 Å². The van der Waals surface area contributed by atoms with Crippen LogP contribution in [0.3, 0.4) is 0 Å². The number of aromatic nitrogens is 2. The van der Waals surface area contributed by atoms with Crippen LogP contribution in [0, 0.1) is 0 Å². The molecule has 128 valence electrons. The Bertz CT molecular complexity index is 844. The van der Waals surface area contributed by atoms with Crippen LogP contribution in [0.15, 0.2) is 36.7 Å². The van der Waals surface area contributed by atoms with Gasteiger partial charge in [0, 0.05) is 36.1 Å². The van der Waals surface area contributed by atoms with Crippen LogP contribution in [0.5, 0.6) is 0 Å². The van der Waals surface area contributed by atoms with Gasteiger partial charge in [0.15, 0.2) is 0 Å². The van der Waals surface area contributed by atoms with Gasteiger partial charge in [0.1, 0.15) is 11.2 Å². The van der Waals surface area contributed by atoms with E-state index in [4.69, 9.17) is 0 Å². The number of fused-ring (bicyclic) bond motifs is 1. The molecule has 0 bridgehead atoms. The summed E-state index contributed by atoms with van der Waals surface area (Å²) in [6.07, 6.45) is 4.85. The number of carbonyl (C=O) groups is 2. The van der Waals surface area contributed by atoms with Crippen molar-refractivity contribution in [3.05, 3.63) is 47.9 Å². The van der Waals surface area contributed by atoms with Crippen LogP contribution in [-0.4, -0.2) is 38.3 Å². The van der Waals surface area contributed by atoms with Crippen molar-refractivity contribution < 1.29 is 9.59 Å². The molecule has 0 saturated heterocycles. The average molecular weight is 336 g/mol. The SMILES string of the molecule is CC(C)NC(=O)C1(N2Cc3ccc(-c4cccnc4)nc3C2=O)CC1. The molecule has 1 aliphatic heterocycles. The maximum atomic E-state index is 12.9. The van der Waals surface area contributed by atoms with Gasteiger partial charge < -0.3 is 10.2 Å². The molecule has 0 aromatic carbocycles. The highest BCUT2D eigenvalue weighted by atomic mass is 16.2. The minimum Gasteiger partial charge on any atom is -0.352 e. The third-order valence-corrected chi connectivity index (χ3v) is 4.80. The lowest BCUT2D eigenvalue weighted by molar-refractivity contribution is -0.127. The second kappa shape index (κ2) is 5.65. The summed E-state index contributed by atoms with van der Waals surface area (Å²) in [5, 5.41) is 2.95. The summed E-state index contributed by atoms with van der Waals surface area (Å²) < 4.78 is 0. The number of carbonyl (C=O) groups excluding carboxylic acids is 2. The van der Waals surface area contributed by atoms with E-state index in [1.807, 2.05) is 38.1 Å². The summed E-state index contributed by atoms with van der Waals surface area (Å²) in [6.45, 7) is 4.30. The quantitative estimate of drug-likeness (QED) is 0.928. The highest BCUT2D eigenvalue weighted by Gasteiger charge is 2.58. The number of nitrogens with zero attached hydrogens (tertiary/aromatic N) is 3. The highest BCUT2D eigenvalue weighted by Crippen LogP contribution is 2.46. The lowest BCUT2D eigenvalue weighted by Crippen LogP contribution is -2.51. The van der Waals surface area contributed by atoms with Crippen LogP contribution in [0.4, 0.5) is 0 Å². The number of amides is 2. The number of pyridine rings is 2. The number of nitrogens with one attached hydrogen (secondary N) is 1. The third kappa shape index (κ3) is 2.58. The molecule has 25 heavy (non-hydrogen) atoms. The summed E-state index contributed by atoms with van der Waals surface area (Å²) in [5.74, 6) is -0.215. The number of rotatable bonds is 4. The maximum absolute atomic E-state index is 12.9. The van der Waals surface area contributed by atoms with Crippen molar-refractivity contribution in [1.29, 1.82) is 0 Å². The van der Waals surface area contributed by atoms with Gasteiger partial charge in [-0.3, -0.25) is 14.6 Å². The first-order valence-electron chi connectivity index (χ1n) is 8.54.